The Hall–Kier alpha value is -1.14. The minimum atomic E-state index is -0.395. The van der Waals surface area contributed by atoms with E-state index in [9.17, 15) is 14.7 Å². The first kappa shape index (κ1) is 13.3. The summed E-state index contributed by atoms with van der Waals surface area (Å²) >= 11 is 1.16. The first-order chi connectivity index (χ1) is 8.58. The van der Waals surface area contributed by atoms with Gasteiger partial charge in [-0.1, -0.05) is 11.3 Å². The summed E-state index contributed by atoms with van der Waals surface area (Å²) in [7, 11) is 0. The van der Waals surface area contributed by atoms with E-state index in [-0.39, 0.29) is 10.8 Å². The van der Waals surface area contributed by atoms with Crippen molar-refractivity contribution in [3.8, 4) is 0 Å². The van der Waals surface area contributed by atoms with Crippen LogP contribution in [-0.4, -0.2) is 39.7 Å². The smallest absolute Gasteiger partial charge is 0.307 e. The zero-order valence-corrected chi connectivity index (χ0v) is 11.3. The van der Waals surface area contributed by atoms with Crippen LogP contribution in [0.25, 0.3) is 0 Å². The van der Waals surface area contributed by atoms with Gasteiger partial charge in [0.25, 0.3) is 0 Å². The largest absolute Gasteiger partial charge is 0.391 e. The highest BCUT2D eigenvalue weighted by Gasteiger charge is 2.21. The Morgan fingerprint density at radius 1 is 1.61 bits per heavy atom. The van der Waals surface area contributed by atoms with Crippen molar-refractivity contribution < 1.29 is 9.90 Å². The summed E-state index contributed by atoms with van der Waals surface area (Å²) < 4.78 is 1.63. The van der Waals surface area contributed by atoms with Gasteiger partial charge in [-0.3, -0.25) is 9.59 Å². The maximum absolute atomic E-state index is 12.0. The van der Waals surface area contributed by atoms with E-state index < -0.39 is 6.10 Å². The van der Waals surface area contributed by atoms with E-state index in [1.165, 1.54) is 0 Å². The molecule has 5 nitrogen and oxygen atoms in total. The Morgan fingerprint density at radius 2 is 2.39 bits per heavy atom. The molecule has 1 saturated heterocycles. The van der Waals surface area contributed by atoms with Gasteiger partial charge in [-0.05, 0) is 19.8 Å². The number of thiazole rings is 1. The number of aromatic nitrogens is 1. The highest BCUT2D eigenvalue weighted by Crippen LogP contribution is 2.11. The normalized spacial score (nSPS) is 20.1. The molecule has 0 aromatic carbocycles. The van der Waals surface area contributed by atoms with Gasteiger partial charge in [-0.25, -0.2) is 0 Å². The summed E-state index contributed by atoms with van der Waals surface area (Å²) in [6.45, 7) is 3.44. The van der Waals surface area contributed by atoms with Crippen molar-refractivity contribution in [2.75, 3.05) is 13.1 Å². The number of piperidine rings is 1. The SMILES string of the molecule is Cc1csc(=O)n1CCC(=O)N1CCCC(O)C1. The van der Waals surface area contributed by atoms with Crippen molar-refractivity contribution in [1.82, 2.24) is 9.47 Å². The maximum Gasteiger partial charge on any atom is 0.307 e. The first-order valence-electron chi connectivity index (χ1n) is 6.18. The van der Waals surface area contributed by atoms with E-state index in [0.29, 0.717) is 26.1 Å². The molecule has 2 rings (SSSR count). The molecule has 2 heterocycles. The predicted molar refractivity (Wildman–Crippen MR) is 69.8 cm³/mol. The lowest BCUT2D eigenvalue weighted by atomic mass is 10.1. The Balaban J connectivity index is 1.90. The fourth-order valence-electron chi connectivity index (χ4n) is 2.22. The van der Waals surface area contributed by atoms with Crippen molar-refractivity contribution in [1.29, 1.82) is 0 Å². The number of aliphatic hydroxyl groups is 1. The molecule has 0 saturated carbocycles. The number of carbonyl (C=O) groups is 1. The van der Waals surface area contributed by atoms with Gasteiger partial charge in [0.2, 0.25) is 5.91 Å². The number of β-amino-alcohol motifs (C(OH)–C–C–N with tert-alkyl or cyclic N) is 1. The molecular formula is C12H18N2O3S. The molecule has 1 unspecified atom stereocenters. The molecule has 1 aromatic heterocycles. The first-order valence-corrected chi connectivity index (χ1v) is 7.06. The van der Waals surface area contributed by atoms with Crippen LogP contribution in [0, 0.1) is 6.92 Å². The standard InChI is InChI=1S/C12H18N2O3S/c1-9-8-18-12(17)14(9)6-4-11(16)13-5-2-3-10(15)7-13/h8,10,15H,2-7H2,1H3. The van der Waals surface area contributed by atoms with Crippen LogP contribution in [-0.2, 0) is 11.3 Å². The lowest BCUT2D eigenvalue weighted by Crippen LogP contribution is -2.42. The van der Waals surface area contributed by atoms with Gasteiger partial charge in [0.15, 0.2) is 0 Å². The van der Waals surface area contributed by atoms with Gasteiger partial charge in [0.1, 0.15) is 0 Å². The zero-order chi connectivity index (χ0) is 13.1. The number of amides is 1. The molecule has 1 aliphatic rings. The minimum absolute atomic E-state index is 0.0148. The number of likely N-dealkylation sites (tertiary alicyclic amines) is 1. The molecule has 1 aromatic rings. The third-order valence-corrected chi connectivity index (χ3v) is 4.16. The molecule has 0 aliphatic carbocycles. The van der Waals surface area contributed by atoms with Crippen LogP contribution in [0.2, 0.25) is 0 Å². The summed E-state index contributed by atoms with van der Waals surface area (Å²) in [6, 6.07) is 0. The van der Waals surface area contributed by atoms with Gasteiger partial charge in [-0.2, -0.15) is 0 Å². The van der Waals surface area contributed by atoms with E-state index >= 15 is 0 Å². The Labute approximate surface area is 110 Å². The fraction of sp³-hybridized carbons (Fsp3) is 0.667. The lowest BCUT2D eigenvalue weighted by molar-refractivity contribution is -0.134. The number of aliphatic hydroxyl groups excluding tert-OH is 1. The molecule has 6 heteroatoms. The van der Waals surface area contributed by atoms with Gasteiger partial charge < -0.3 is 14.6 Å². The van der Waals surface area contributed by atoms with Gasteiger partial charge in [-0.15, -0.1) is 0 Å². The van der Waals surface area contributed by atoms with E-state index in [2.05, 4.69) is 0 Å². The molecule has 1 aliphatic heterocycles. The van der Waals surface area contributed by atoms with Gasteiger partial charge in [0, 0.05) is 37.1 Å². The van der Waals surface area contributed by atoms with Crippen LogP contribution >= 0.6 is 11.3 Å². The second kappa shape index (κ2) is 5.67. The number of carbonyl (C=O) groups excluding carboxylic acids is 1. The zero-order valence-electron chi connectivity index (χ0n) is 10.5. The summed E-state index contributed by atoms with van der Waals surface area (Å²) in [5.74, 6) is 0.0197. The fourth-order valence-corrected chi connectivity index (χ4v) is 2.98. The second-order valence-electron chi connectivity index (χ2n) is 4.68. The Bertz CT molecular complexity index is 480. The van der Waals surface area contributed by atoms with Crippen LogP contribution in [0.15, 0.2) is 10.2 Å². The maximum atomic E-state index is 12.0. The average Bonchev–Trinajstić information content (AvgIpc) is 2.66. The number of hydrogen-bond donors (Lipinski definition) is 1. The third kappa shape index (κ3) is 3.00. The van der Waals surface area contributed by atoms with Crippen LogP contribution in [0.4, 0.5) is 0 Å². The predicted octanol–water partition coefficient (Wildman–Crippen LogP) is 0.592. The van der Waals surface area contributed by atoms with Gasteiger partial charge >= 0.3 is 4.87 Å². The third-order valence-electron chi connectivity index (χ3n) is 3.27. The van der Waals surface area contributed by atoms with Gasteiger partial charge in [0.05, 0.1) is 6.10 Å². The van der Waals surface area contributed by atoms with Crippen molar-refractivity contribution >= 4 is 17.2 Å². The molecule has 1 atom stereocenters. The molecule has 100 valence electrons. The van der Waals surface area contributed by atoms with Crippen LogP contribution in [0.3, 0.4) is 0 Å². The van der Waals surface area contributed by atoms with E-state index in [1.807, 2.05) is 6.92 Å². The second-order valence-corrected chi connectivity index (χ2v) is 5.50. The highest BCUT2D eigenvalue weighted by atomic mass is 32.1. The molecular weight excluding hydrogens is 252 g/mol. The number of nitrogens with zero attached hydrogens (tertiary/aromatic N) is 2. The molecule has 18 heavy (non-hydrogen) atoms. The Kier molecular flexibility index (Phi) is 4.19. The van der Waals surface area contributed by atoms with Crippen molar-refractivity contribution in [2.24, 2.45) is 0 Å². The number of aryl methyl sites for hydroxylation is 1. The van der Waals surface area contributed by atoms with Crippen LogP contribution in [0.1, 0.15) is 25.0 Å². The molecule has 1 N–H and O–H groups in total. The van der Waals surface area contributed by atoms with Crippen LogP contribution in [0.5, 0.6) is 0 Å². The molecule has 0 radical (unpaired) electrons. The monoisotopic (exact) mass is 270 g/mol. The van der Waals surface area contributed by atoms with E-state index in [4.69, 9.17) is 0 Å². The van der Waals surface area contributed by atoms with Crippen LogP contribution < -0.4 is 4.87 Å². The van der Waals surface area contributed by atoms with Crippen molar-refractivity contribution in [3.05, 3.63) is 20.7 Å². The lowest BCUT2D eigenvalue weighted by Gasteiger charge is -2.30. The van der Waals surface area contributed by atoms with Crippen molar-refractivity contribution in [3.63, 3.8) is 0 Å². The summed E-state index contributed by atoms with van der Waals surface area (Å²) in [5.41, 5.74) is 0.900. The topological polar surface area (TPSA) is 62.5 Å². The summed E-state index contributed by atoms with van der Waals surface area (Å²) in [6.07, 6.45) is 1.55. The van der Waals surface area contributed by atoms with Crippen molar-refractivity contribution in [2.45, 2.75) is 38.8 Å². The molecule has 1 fully saturated rings. The average molecular weight is 270 g/mol. The van der Waals surface area contributed by atoms with E-state index in [0.717, 1.165) is 29.9 Å². The Morgan fingerprint density at radius 3 is 3.00 bits per heavy atom. The highest BCUT2D eigenvalue weighted by molar-refractivity contribution is 7.07. The number of hydrogen-bond acceptors (Lipinski definition) is 4. The molecule has 0 spiro atoms. The quantitative estimate of drug-likeness (QED) is 0.874. The minimum Gasteiger partial charge on any atom is -0.391 e. The number of rotatable bonds is 3. The molecule has 0 bridgehead atoms. The molecule has 1 amide bonds. The summed E-state index contributed by atoms with van der Waals surface area (Å²) in [4.78, 5) is 25.1. The van der Waals surface area contributed by atoms with E-state index in [1.54, 1.807) is 14.8 Å². The summed E-state index contributed by atoms with van der Waals surface area (Å²) in [5, 5.41) is 11.3.